The lowest BCUT2D eigenvalue weighted by molar-refractivity contribution is 0.0945. The van der Waals surface area contributed by atoms with Gasteiger partial charge in [-0.25, -0.2) is 4.98 Å². The molecule has 1 aromatic heterocycles. The number of aromatic nitrogens is 1. The Hall–Kier alpha value is -1.63. The molecule has 1 aromatic rings. The van der Waals surface area contributed by atoms with E-state index in [-0.39, 0.29) is 23.5 Å². The van der Waals surface area contributed by atoms with E-state index in [0.717, 1.165) is 19.1 Å². The number of hydrogen-bond acceptors (Lipinski definition) is 5. The van der Waals surface area contributed by atoms with Gasteiger partial charge in [-0.3, -0.25) is 4.79 Å². The van der Waals surface area contributed by atoms with Gasteiger partial charge in [0.1, 0.15) is 5.69 Å². The van der Waals surface area contributed by atoms with Crippen LogP contribution >= 0.6 is 0 Å². The van der Waals surface area contributed by atoms with Crippen LogP contribution in [-0.4, -0.2) is 31.6 Å². The molecular weight excluding hydrogens is 244 g/mol. The van der Waals surface area contributed by atoms with Crippen LogP contribution in [0.1, 0.15) is 23.3 Å². The Bertz CT molecular complexity index is 537. The molecule has 0 spiro atoms. The summed E-state index contributed by atoms with van der Waals surface area (Å²) < 4.78 is 26.4. The van der Waals surface area contributed by atoms with Crippen molar-refractivity contribution < 1.29 is 17.4 Å². The van der Waals surface area contributed by atoms with Crippen LogP contribution in [0.25, 0.3) is 0 Å². The first-order valence-electron chi connectivity index (χ1n) is 5.11. The van der Waals surface area contributed by atoms with Crippen molar-refractivity contribution in [2.75, 3.05) is 6.26 Å². The van der Waals surface area contributed by atoms with Gasteiger partial charge in [0.05, 0.1) is 6.26 Å². The monoisotopic (exact) mass is 256 g/mol. The van der Waals surface area contributed by atoms with Crippen LogP contribution in [0.2, 0.25) is 0 Å². The highest BCUT2D eigenvalue weighted by atomic mass is 32.2. The minimum Gasteiger partial charge on any atom is -0.362 e. The molecule has 2 rings (SSSR count). The largest absolute Gasteiger partial charge is 0.362 e. The smallest absolute Gasteiger partial charge is 0.307 e. The Morgan fingerprint density at radius 1 is 1.47 bits per heavy atom. The first-order chi connectivity index (χ1) is 7.94. The Morgan fingerprint density at radius 3 is 2.76 bits per heavy atom. The third-order valence-corrected chi connectivity index (χ3v) is 2.58. The van der Waals surface area contributed by atoms with Gasteiger partial charge in [-0.1, -0.05) is 6.07 Å². The quantitative estimate of drug-likeness (QED) is 0.784. The van der Waals surface area contributed by atoms with E-state index in [9.17, 15) is 13.2 Å². The summed E-state index contributed by atoms with van der Waals surface area (Å²) in [5.74, 6) is -0.414. The number of rotatable bonds is 4. The van der Waals surface area contributed by atoms with Crippen LogP contribution in [0.15, 0.2) is 18.2 Å². The normalized spacial score (nSPS) is 15.4. The van der Waals surface area contributed by atoms with Crippen molar-refractivity contribution in [1.29, 1.82) is 0 Å². The SMILES string of the molecule is CS(=O)(=O)Oc1cccc(C(=O)NC2CC2)n1. The number of carbonyl (C=O) groups is 1. The molecule has 1 aliphatic rings. The topological polar surface area (TPSA) is 85.4 Å². The van der Waals surface area contributed by atoms with Crippen molar-refractivity contribution in [3.63, 3.8) is 0 Å². The summed E-state index contributed by atoms with van der Waals surface area (Å²) >= 11 is 0. The average molecular weight is 256 g/mol. The molecule has 0 unspecified atom stereocenters. The molecule has 0 radical (unpaired) electrons. The number of amides is 1. The molecule has 1 aliphatic carbocycles. The summed E-state index contributed by atoms with van der Waals surface area (Å²) in [5, 5.41) is 2.75. The van der Waals surface area contributed by atoms with Gasteiger partial charge in [-0.05, 0) is 18.9 Å². The van der Waals surface area contributed by atoms with Gasteiger partial charge in [-0.2, -0.15) is 8.42 Å². The molecule has 1 saturated carbocycles. The summed E-state index contributed by atoms with van der Waals surface area (Å²) in [6, 6.07) is 4.64. The van der Waals surface area contributed by atoms with Crippen LogP contribution in [0.5, 0.6) is 5.88 Å². The number of pyridine rings is 1. The third-order valence-electron chi connectivity index (χ3n) is 2.11. The van der Waals surface area contributed by atoms with E-state index in [2.05, 4.69) is 14.5 Å². The molecule has 1 amide bonds. The maximum Gasteiger partial charge on any atom is 0.307 e. The first-order valence-corrected chi connectivity index (χ1v) is 6.93. The van der Waals surface area contributed by atoms with E-state index in [4.69, 9.17) is 0 Å². The van der Waals surface area contributed by atoms with E-state index in [1.807, 2.05) is 0 Å². The highest BCUT2D eigenvalue weighted by Crippen LogP contribution is 2.19. The molecule has 0 atom stereocenters. The lowest BCUT2D eigenvalue weighted by Crippen LogP contribution is -2.26. The van der Waals surface area contributed by atoms with E-state index in [1.54, 1.807) is 0 Å². The summed E-state index contributed by atoms with van der Waals surface area (Å²) in [7, 11) is -3.62. The summed E-state index contributed by atoms with van der Waals surface area (Å²) in [4.78, 5) is 15.5. The molecule has 1 N–H and O–H groups in total. The lowest BCUT2D eigenvalue weighted by Gasteiger charge is -2.05. The number of hydrogen-bond donors (Lipinski definition) is 1. The predicted octanol–water partition coefficient (Wildman–Crippen LogP) is 0.312. The minimum atomic E-state index is -3.62. The maximum absolute atomic E-state index is 11.6. The number of nitrogens with one attached hydrogen (secondary N) is 1. The van der Waals surface area contributed by atoms with E-state index in [1.165, 1.54) is 18.2 Å². The zero-order chi connectivity index (χ0) is 12.5. The predicted molar refractivity (Wildman–Crippen MR) is 60.2 cm³/mol. The highest BCUT2D eigenvalue weighted by molar-refractivity contribution is 7.86. The Kier molecular flexibility index (Phi) is 3.01. The van der Waals surface area contributed by atoms with Crippen LogP contribution in [0.3, 0.4) is 0 Å². The zero-order valence-electron chi connectivity index (χ0n) is 9.21. The molecule has 1 heterocycles. The molecule has 0 aliphatic heterocycles. The zero-order valence-corrected chi connectivity index (χ0v) is 10.0. The van der Waals surface area contributed by atoms with Crippen LogP contribution < -0.4 is 9.50 Å². The average Bonchev–Trinajstić information content (AvgIpc) is 2.99. The van der Waals surface area contributed by atoms with Crippen molar-refractivity contribution in [2.24, 2.45) is 0 Å². The maximum atomic E-state index is 11.6. The van der Waals surface area contributed by atoms with Gasteiger partial charge in [0, 0.05) is 12.1 Å². The summed E-state index contributed by atoms with van der Waals surface area (Å²) in [5.41, 5.74) is 0.151. The highest BCUT2D eigenvalue weighted by Gasteiger charge is 2.24. The minimum absolute atomic E-state index is 0.101. The van der Waals surface area contributed by atoms with Crippen LogP contribution in [0, 0.1) is 0 Å². The van der Waals surface area contributed by atoms with E-state index in [0.29, 0.717) is 0 Å². The second kappa shape index (κ2) is 4.33. The third kappa shape index (κ3) is 3.70. The molecule has 0 saturated heterocycles. The fraction of sp³-hybridized carbons (Fsp3) is 0.400. The van der Waals surface area contributed by atoms with E-state index < -0.39 is 10.1 Å². The van der Waals surface area contributed by atoms with Crippen molar-refractivity contribution in [1.82, 2.24) is 10.3 Å². The molecule has 6 nitrogen and oxygen atoms in total. The van der Waals surface area contributed by atoms with Gasteiger partial charge < -0.3 is 9.50 Å². The molecule has 0 bridgehead atoms. The molecule has 1 fully saturated rings. The van der Waals surface area contributed by atoms with Crippen LogP contribution in [-0.2, 0) is 10.1 Å². The van der Waals surface area contributed by atoms with Gasteiger partial charge in [0.25, 0.3) is 5.91 Å². The van der Waals surface area contributed by atoms with Crippen molar-refractivity contribution in [3.8, 4) is 5.88 Å². The number of nitrogens with zero attached hydrogens (tertiary/aromatic N) is 1. The second-order valence-electron chi connectivity index (χ2n) is 3.90. The van der Waals surface area contributed by atoms with Gasteiger partial charge in [0.2, 0.25) is 5.88 Å². The summed E-state index contributed by atoms with van der Waals surface area (Å²) in [6.07, 6.45) is 2.88. The molecule has 0 aromatic carbocycles. The first kappa shape index (κ1) is 11.8. The molecule has 7 heteroatoms. The van der Waals surface area contributed by atoms with Gasteiger partial charge in [0.15, 0.2) is 0 Å². The van der Waals surface area contributed by atoms with E-state index >= 15 is 0 Å². The molecule has 17 heavy (non-hydrogen) atoms. The van der Waals surface area contributed by atoms with Gasteiger partial charge >= 0.3 is 10.1 Å². The molecular formula is C10H12N2O4S. The summed E-state index contributed by atoms with van der Waals surface area (Å²) in [6.45, 7) is 0. The second-order valence-corrected chi connectivity index (χ2v) is 5.47. The van der Waals surface area contributed by atoms with Crippen molar-refractivity contribution in [3.05, 3.63) is 23.9 Å². The lowest BCUT2D eigenvalue weighted by atomic mass is 10.3. The van der Waals surface area contributed by atoms with Crippen molar-refractivity contribution in [2.45, 2.75) is 18.9 Å². The Labute approximate surface area is 99.1 Å². The Morgan fingerprint density at radius 2 is 2.18 bits per heavy atom. The number of carbonyl (C=O) groups excluding carboxylic acids is 1. The van der Waals surface area contributed by atoms with Crippen LogP contribution in [0.4, 0.5) is 0 Å². The molecule has 92 valence electrons. The Balaban J connectivity index is 2.12. The fourth-order valence-electron chi connectivity index (χ4n) is 1.23. The standard InChI is InChI=1S/C10H12N2O4S/c1-17(14,15)16-9-4-2-3-8(12-9)10(13)11-7-5-6-7/h2-4,7H,5-6H2,1H3,(H,11,13). The fourth-order valence-corrected chi connectivity index (χ4v) is 1.63. The van der Waals surface area contributed by atoms with Crippen molar-refractivity contribution >= 4 is 16.0 Å². The van der Waals surface area contributed by atoms with Gasteiger partial charge in [-0.15, -0.1) is 0 Å².